The van der Waals surface area contributed by atoms with Crippen LogP contribution < -0.4 is 5.32 Å². The van der Waals surface area contributed by atoms with Gasteiger partial charge in [0.25, 0.3) is 0 Å². The molecule has 0 unspecified atom stereocenters. The lowest BCUT2D eigenvalue weighted by atomic mass is 10.0. The minimum Gasteiger partial charge on any atom is -0.445 e. The van der Waals surface area contributed by atoms with Gasteiger partial charge in [0, 0.05) is 18.2 Å². The first-order chi connectivity index (χ1) is 17.6. The molecule has 3 aromatic carbocycles. The molecule has 1 aromatic heterocycles. The molecule has 36 heavy (non-hydrogen) atoms. The van der Waals surface area contributed by atoms with Crippen molar-refractivity contribution in [3.8, 4) is 11.1 Å². The van der Waals surface area contributed by atoms with Crippen LogP contribution in [-0.4, -0.2) is 33.4 Å². The number of nitrogens with zero attached hydrogens (tertiary/aromatic N) is 2. The van der Waals surface area contributed by atoms with Gasteiger partial charge in [0.1, 0.15) is 12.4 Å². The monoisotopic (exact) mass is 480 g/mol. The number of anilines is 1. The van der Waals surface area contributed by atoms with Crippen LogP contribution in [0.2, 0.25) is 0 Å². The third-order valence-electron chi connectivity index (χ3n) is 6.92. The number of ether oxygens (including phenoxy) is 1. The molecule has 182 valence electrons. The zero-order chi connectivity index (χ0) is 24.5. The zero-order valence-electron chi connectivity index (χ0n) is 19.9. The van der Waals surface area contributed by atoms with Gasteiger partial charge in [0.15, 0.2) is 0 Å². The van der Waals surface area contributed by atoms with Gasteiger partial charge in [-0.25, -0.2) is 9.78 Å². The van der Waals surface area contributed by atoms with Crippen LogP contribution in [0.5, 0.6) is 0 Å². The van der Waals surface area contributed by atoms with Crippen LogP contribution in [0, 0.1) is 5.92 Å². The summed E-state index contributed by atoms with van der Waals surface area (Å²) in [6, 6.07) is 23.6. The van der Waals surface area contributed by atoms with Crippen LogP contribution in [-0.2, 0) is 16.1 Å². The van der Waals surface area contributed by atoms with Crippen molar-refractivity contribution in [2.24, 2.45) is 5.92 Å². The molecule has 4 aromatic rings. The predicted molar refractivity (Wildman–Crippen MR) is 138 cm³/mol. The van der Waals surface area contributed by atoms with Crippen molar-refractivity contribution in [2.45, 2.75) is 38.3 Å². The van der Waals surface area contributed by atoms with Crippen molar-refractivity contribution in [1.82, 2.24) is 14.9 Å². The molecule has 1 atom stereocenters. The van der Waals surface area contributed by atoms with Gasteiger partial charge in [0.05, 0.1) is 17.1 Å². The Morgan fingerprint density at radius 2 is 1.81 bits per heavy atom. The van der Waals surface area contributed by atoms with E-state index in [-0.39, 0.29) is 30.6 Å². The summed E-state index contributed by atoms with van der Waals surface area (Å²) in [6.45, 7) is 0.909. The molecule has 1 saturated heterocycles. The lowest BCUT2D eigenvalue weighted by molar-refractivity contribution is -0.117. The third-order valence-corrected chi connectivity index (χ3v) is 6.92. The van der Waals surface area contributed by atoms with Crippen LogP contribution in [0.25, 0.3) is 22.2 Å². The standard InChI is InChI=1S/C29H28N4O3/c34-28(20-11-12-20)30-23-9-4-8-21(16-23)22-13-14-24-25(17-22)32-27(31-24)26-10-5-15-33(26)29(35)36-18-19-6-2-1-3-7-19/h1-4,6-9,13-14,16-17,20,26H,5,10-12,15,18H2,(H,30,34)(H,31,32)/t26-/m0/s1. The van der Waals surface area contributed by atoms with Gasteiger partial charge >= 0.3 is 6.09 Å². The second-order valence-electron chi connectivity index (χ2n) is 9.59. The molecule has 2 N–H and O–H groups in total. The van der Waals surface area contributed by atoms with E-state index in [1.165, 1.54) is 0 Å². The molecule has 0 spiro atoms. The van der Waals surface area contributed by atoms with E-state index >= 15 is 0 Å². The quantitative estimate of drug-likeness (QED) is 0.352. The number of nitrogens with one attached hydrogen (secondary N) is 2. The largest absolute Gasteiger partial charge is 0.445 e. The predicted octanol–water partition coefficient (Wildman–Crippen LogP) is 6.05. The second kappa shape index (κ2) is 9.49. The van der Waals surface area contributed by atoms with Crippen molar-refractivity contribution in [1.29, 1.82) is 0 Å². The highest BCUT2D eigenvalue weighted by molar-refractivity contribution is 5.94. The second-order valence-corrected chi connectivity index (χ2v) is 9.59. The number of hydrogen-bond donors (Lipinski definition) is 2. The molecule has 1 aliphatic carbocycles. The Labute approximate surface area is 209 Å². The maximum absolute atomic E-state index is 12.8. The lowest BCUT2D eigenvalue weighted by Crippen LogP contribution is -2.31. The van der Waals surface area contributed by atoms with Gasteiger partial charge in [-0.1, -0.05) is 48.5 Å². The first-order valence-electron chi connectivity index (χ1n) is 12.5. The van der Waals surface area contributed by atoms with Crippen molar-refractivity contribution >= 4 is 28.7 Å². The number of fused-ring (bicyclic) bond motifs is 1. The highest BCUT2D eigenvalue weighted by Gasteiger charge is 2.33. The van der Waals surface area contributed by atoms with E-state index in [9.17, 15) is 9.59 Å². The highest BCUT2D eigenvalue weighted by atomic mass is 16.6. The van der Waals surface area contributed by atoms with Crippen LogP contribution in [0.15, 0.2) is 72.8 Å². The summed E-state index contributed by atoms with van der Waals surface area (Å²) in [4.78, 5) is 35.0. The van der Waals surface area contributed by atoms with E-state index < -0.39 is 0 Å². The van der Waals surface area contributed by atoms with Crippen LogP contribution in [0.1, 0.15) is 43.1 Å². The number of aromatic nitrogens is 2. The molecule has 7 nitrogen and oxygen atoms in total. The number of amides is 2. The van der Waals surface area contributed by atoms with Gasteiger partial charge < -0.3 is 15.0 Å². The average Bonchev–Trinajstić information content (AvgIpc) is 3.49. The molecule has 1 aliphatic heterocycles. The summed E-state index contributed by atoms with van der Waals surface area (Å²) in [6.07, 6.45) is 3.40. The number of likely N-dealkylation sites (tertiary alicyclic amines) is 1. The van der Waals surface area contributed by atoms with Gasteiger partial charge in [-0.15, -0.1) is 0 Å². The average molecular weight is 481 g/mol. The van der Waals surface area contributed by atoms with Crippen LogP contribution in [0.4, 0.5) is 10.5 Å². The summed E-state index contributed by atoms with van der Waals surface area (Å²) in [5.74, 6) is 1.05. The molecule has 2 aliphatic rings. The van der Waals surface area contributed by atoms with Crippen LogP contribution in [0.3, 0.4) is 0 Å². The molecular formula is C29H28N4O3. The number of imidazole rings is 1. The van der Waals surface area contributed by atoms with Gasteiger partial charge in [0.2, 0.25) is 5.91 Å². The molecular weight excluding hydrogens is 452 g/mol. The molecule has 0 bridgehead atoms. The maximum Gasteiger partial charge on any atom is 0.410 e. The fourth-order valence-corrected chi connectivity index (χ4v) is 4.80. The lowest BCUT2D eigenvalue weighted by Gasteiger charge is -2.22. The first kappa shape index (κ1) is 22.3. The van der Waals surface area contributed by atoms with E-state index in [2.05, 4.69) is 16.4 Å². The Hall–Kier alpha value is -4.13. The molecule has 2 amide bonds. The highest BCUT2D eigenvalue weighted by Crippen LogP contribution is 2.34. The zero-order valence-corrected chi connectivity index (χ0v) is 19.9. The Morgan fingerprint density at radius 3 is 2.64 bits per heavy atom. The van der Waals surface area contributed by atoms with Gasteiger partial charge in [-0.2, -0.15) is 0 Å². The first-order valence-corrected chi connectivity index (χ1v) is 12.5. The molecule has 2 heterocycles. The smallest absolute Gasteiger partial charge is 0.410 e. The summed E-state index contributed by atoms with van der Waals surface area (Å²) in [5, 5.41) is 3.02. The minimum absolute atomic E-state index is 0.101. The summed E-state index contributed by atoms with van der Waals surface area (Å²) >= 11 is 0. The fourth-order valence-electron chi connectivity index (χ4n) is 4.80. The number of hydrogen-bond acceptors (Lipinski definition) is 4. The Morgan fingerprint density at radius 1 is 0.972 bits per heavy atom. The van der Waals surface area contributed by atoms with E-state index in [0.29, 0.717) is 6.54 Å². The van der Waals surface area contributed by atoms with Crippen molar-refractivity contribution in [3.05, 3.63) is 84.2 Å². The number of rotatable bonds is 6. The van der Waals surface area contributed by atoms with Crippen LogP contribution >= 0.6 is 0 Å². The summed E-state index contributed by atoms with van der Waals surface area (Å²) < 4.78 is 5.59. The molecule has 6 rings (SSSR count). The Bertz CT molecular complexity index is 1410. The van der Waals surface area contributed by atoms with Crippen molar-refractivity contribution < 1.29 is 14.3 Å². The van der Waals surface area contributed by atoms with E-state index in [0.717, 1.165) is 64.9 Å². The van der Waals surface area contributed by atoms with Gasteiger partial charge in [-0.05, 0) is 66.6 Å². The molecule has 7 heteroatoms. The normalized spacial score (nSPS) is 17.3. The number of benzene rings is 3. The summed E-state index contributed by atoms with van der Waals surface area (Å²) in [7, 11) is 0. The van der Waals surface area contributed by atoms with E-state index in [1.807, 2.05) is 66.7 Å². The number of carbonyl (C=O) groups excluding carboxylic acids is 2. The molecule has 1 saturated carbocycles. The summed E-state index contributed by atoms with van der Waals surface area (Å²) in [5.41, 5.74) is 5.61. The SMILES string of the molecule is O=C(Nc1cccc(-c2ccc3nc([C@@H]4CCCN4C(=O)OCc4ccccc4)[nH]c3c2)c1)C1CC1. The molecule has 0 radical (unpaired) electrons. The number of aromatic amines is 1. The number of H-pyrrole nitrogens is 1. The minimum atomic E-state index is -0.312. The van der Waals surface area contributed by atoms with E-state index in [4.69, 9.17) is 9.72 Å². The Balaban J connectivity index is 1.19. The van der Waals surface area contributed by atoms with Crippen molar-refractivity contribution in [3.63, 3.8) is 0 Å². The van der Waals surface area contributed by atoms with Crippen molar-refractivity contribution in [2.75, 3.05) is 11.9 Å². The maximum atomic E-state index is 12.8. The Kier molecular flexibility index (Phi) is 5.89. The third kappa shape index (κ3) is 4.69. The number of carbonyl (C=O) groups is 2. The fraction of sp³-hybridized carbons (Fsp3) is 0.276. The molecule has 2 fully saturated rings. The van der Waals surface area contributed by atoms with E-state index in [1.54, 1.807) is 4.90 Å². The topological polar surface area (TPSA) is 87.3 Å². The van der Waals surface area contributed by atoms with Gasteiger partial charge in [-0.3, -0.25) is 9.69 Å².